The molecule has 3 N–H and O–H groups in total. The Balaban J connectivity index is 0.00000120. The second kappa shape index (κ2) is 45.1. The Kier molecular flexibility index (Phi) is 40.5. The molecule has 12 heteroatoms. The smallest absolute Gasteiger partial charge is 0.243 e. The van der Waals surface area contributed by atoms with Gasteiger partial charge in [-0.15, -0.1) is 0 Å². The molecule has 0 saturated heterocycles. The molecule has 4 heterocycles. The van der Waals surface area contributed by atoms with Gasteiger partial charge < -0.3 is 16.0 Å². The molecule has 0 spiro atoms. The molecule has 486 valence electrons. The van der Waals surface area contributed by atoms with Gasteiger partial charge in [-0.3, -0.25) is 14.4 Å². The normalized spacial score (nSPS) is 13.5. The van der Waals surface area contributed by atoms with Crippen molar-refractivity contribution in [3.05, 3.63) is 266 Å². The average Bonchev–Trinajstić information content (AvgIpc) is 2.50. The number of amides is 3. The van der Waals surface area contributed by atoms with Gasteiger partial charge in [0, 0.05) is 130 Å². The summed E-state index contributed by atoms with van der Waals surface area (Å²) in [5.74, 6) is 4.59. The van der Waals surface area contributed by atoms with Crippen molar-refractivity contribution in [2.24, 2.45) is 40.5 Å². The molecule has 1 aliphatic rings. The minimum atomic E-state index is -0.156. The van der Waals surface area contributed by atoms with E-state index in [0.717, 1.165) is 81.0 Å². The Morgan fingerprint density at radius 2 is 0.835 bits per heavy atom. The molecular weight excluding hydrogens is 1120 g/mol. The van der Waals surface area contributed by atoms with E-state index in [-0.39, 0.29) is 62.3 Å². The van der Waals surface area contributed by atoms with Crippen molar-refractivity contribution in [2.45, 2.75) is 144 Å². The van der Waals surface area contributed by atoms with Crippen LogP contribution in [0, 0.1) is 35.5 Å². The van der Waals surface area contributed by atoms with E-state index in [1.807, 2.05) is 223 Å². The second-order valence-electron chi connectivity index (χ2n) is 21.9. The van der Waals surface area contributed by atoms with Crippen LogP contribution >= 0.6 is 0 Å². The number of hydrogen-bond acceptors (Lipinski definition) is 5. The zero-order valence-electron chi connectivity index (χ0n) is 50.4. The molecule has 91 heavy (non-hydrogen) atoms. The van der Waals surface area contributed by atoms with E-state index >= 15 is 0 Å². The van der Waals surface area contributed by atoms with Crippen molar-refractivity contribution >= 4 is 23.8 Å². The minimum Gasteiger partial charge on any atom is -0.352 e. The molecule has 8 aromatic rings. The summed E-state index contributed by atoms with van der Waals surface area (Å²) in [4.78, 5) is 48.5. The standard InChI is InChI=1S/C28H40N2O.C17H18N2O.C15H14N2O.C13H11N2O.6CH4/c1-20(2)25-14-15-26(28(25)21(3)4)22(5)9-16-27(31)29-19-23-10-12-24(13-11-23)30-17-7-6-8-18-30;1-2-3-7-17(20)18-14-15-8-10-16(11-9-15)19-12-5-4-6-13-19;1-2-15(18)16-12-13-6-8-14(9-7-13)17-10-4-3-5-11-17;16-11-14-10-12-4-6-13(7-5-12)15-8-2-1-3-9-15;;;;;;/h6-8,10-13,17-18,20-22,25-26,28H,9,14-16,19H2,1-5H3;2-6,8-13H,7,14H2,1H3;2-11H,1,12H2;1-9H,10H2;6*1H4/q;;;+1;;;;;;/p+3/b;3-2+;;;;;;;;. The summed E-state index contributed by atoms with van der Waals surface area (Å²) >= 11 is 0. The lowest BCUT2D eigenvalue weighted by atomic mass is 9.72. The molecule has 1 fully saturated rings. The predicted octanol–water partition coefficient (Wildman–Crippen LogP) is 15.9. The fourth-order valence-electron chi connectivity index (χ4n) is 10.7. The van der Waals surface area contributed by atoms with Gasteiger partial charge in [0.05, 0.1) is 6.54 Å². The summed E-state index contributed by atoms with van der Waals surface area (Å²) in [6.45, 7) is 19.3. The summed E-state index contributed by atoms with van der Waals surface area (Å²) < 4.78 is 8.19. The zero-order valence-corrected chi connectivity index (χ0v) is 50.4. The van der Waals surface area contributed by atoms with Crippen molar-refractivity contribution in [3.8, 4) is 22.7 Å². The van der Waals surface area contributed by atoms with Gasteiger partial charge in [-0.25, -0.2) is 9.79 Å². The van der Waals surface area contributed by atoms with Crippen molar-refractivity contribution < 1.29 is 37.4 Å². The second-order valence-corrected chi connectivity index (χ2v) is 21.9. The molecule has 4 aromatic heterocycles. The van der Waals surface area contributed by atoms with Crippen molar-refractivity contribution in [2.75, 3.05) is 0 Å². The number of nitrogens with zero attached hydrogens (tertiary/aromatic N) is 5. The van der Waals surface area contributed by atoms with Crippen LogP contribution in [0.4, 0.5) is 0 Å². The maximum absolute atomic E-state index is 12.5. The van der Waals surface area contributed by atoms with E-state index in [1.54, 1.807) is 0 Å². The number of carbonyl (C=O) groups is 3. The molecule has 0 aliphatic heterocycles. The molecule has 0 bridgehead atoms. The number of isocyanates is 1. The van der Waals surface area contributed by atoms with Crippen molar-refractivity contribution in [1.29, 1.82) is 0 Å². The number of aliphatic imine (C=N–C) groups is 1. The number of carbonyl (C=O) groups excluding carboxylic acids is 4. The van der Waals surface area contributed by atoms with Gasteiger partial charge in [-0.05, 0) is 90.0 Å². The first-order chi connectivity index (χ1) is 41.3. The van der Waals surface area contributed by atoms with Gasteiger partial charge in [0.15, 0.2) is 49.6 Å². The quantitative estimate of drug-likeness (QED) is 0.0217. The molecule has 9 rings (SSSR count). The highest BCUT2D eigenvalue weighted by Crippen LogP contribution is 2.49. The predicted molar refractivity (Wildman–Crippen MR) is 377 cm³/mol. The lowest BCUT2D eigenvalue weighted by Crippen LogP contribution is -2.29. The lowest BCUT2D eigenvalue weighted by molar-refractivity contribution is -0.596. The van der Waals surface area contributed by atoms with Crippen molar-refractivity contribution in [1.82, 2.24) is 16.0 Å². The van der Waals surface area contributed by atoms with E-state index in [1.165, 1.54) is 25.0 Å². The van der Waals surface area contributed by atoms with Crippen LogP contribution in [-0.2, 0) is 45.4 Å². The Morgan fingerprint density at radius 3 is 1.16 bits per heavy atom. The maximum Gasteiger partial charge on any atom is 0.243 e. The van der Waals surface area contributed by atoms with Gasteiger partial charge in [0.25, 0.3) is 0 Å². The minimum absolute atomic E-state index is 0. The molecule has 4 atom stereocenters. The van der Waals surface area contributed by atoms with Crippen LogP contribution in [-0.4, -0.2) is 23.8 Å². The van der Waals surface area contributed by atoms with Crippen LogP contribution in [0.5, 0.6) is 0 Å². The SMILES string of the molecule is C.C.C.C.C.C.C/C=C/CC(=O)NCc1ccc(-[n+]2ccccc2)cc1.C=CC(=O)NCc1ccc(-[n+]2ccccc2)cc1.CC(C)C1CCC(C(C)CCC(=O)NCc2ccc(-[n+]3ccccc3)cc2)C1C(C)C.O=C=NCc1ccc(-[n+]2ccccc2)cc1. The van der Waals surface area contributed by atoms with E-state index in [2.05, 4.69) is 95.5 Å². The number of aromatic nitrogens is 4. The number of rotatable bonds is 21. The number of hydrogen-bond donors (Lipinski definition) is 3. The lowest BCUT2D eigenvalue weighted by Gasteiger charge is -2.34. The monoisotopic (exact) mass is 1230 g/mol. The van der Waals surface area contributed by atoms with Crippen molar-refractivity contribution in [3.63, 3.8) is 0 Å². The molecule has 4 unspecified atom stereocenters. The first-order valence-corrected chi connectivity index (χ1v) is 29.7. The Bertz CT molecular complexity index is 3320. The van der Waals surface area contributed by atoms with Crippen LogP contribution in [0.25, 0.3) is 22.7 Å². The zero-order chi connectivity index (χ0) is 60.6. The van der Waals surface area contributed by atoms with Crippen LogP contribution < -0.4 is 34.2 Å². The Hall–Kier alpha value is -9.25. The van der Waals surface area contributed by atoms with Crippen LogP contribution in [0.15, 0.2) is 249 Å². The molecule has 1 aliphatic carbocycles. The van der Waals surface area contributed by atoms with Crippen LogP contribution in [0.2, 0.25) is 0 Å². The van der Waals surface area contributed by atoms with E-state index in [4.69, 9.17) is 0 Å². The highest BCUT2D eigenvalue weighted by molar-refractivity contribution is 5.86. The van der Waals surface area contributed by atoms with Gasteiger partial charge in [0.1, 0.15) is 0 Å². The molecule has 1 saturated carbocycles. The van der Waals surface area contributed by atoms with Gasteiger partial charge in [-0.1, -0.05) is 171 Å². The van der Waals surface area contributed by atoms with Gasteiger partial charge in [-0.2, -0.15) is 18.3 Å². The van der Waals surface area contributed by atoms with Gasteiger partial charge in [0.2, 0.25) is 46.6 Å². The topological polar surface area (TPSA) is 132 Å². The summed E-state index contributed by atoms with van der Waals surface area (Å²) in [5.41, 5.74) is 8.70. The maximum atomic E-state index is 12.5. The number of allylic oxidation sites excluding steroid dienone is 1. The number of nitrogens with one attached hydrogen (secondary N) is 3. The third-order valence-corrected chi connectivity index (χ3v) is 15.3. The Morgan fingerprint density at radius 1 is 0.495 bits per heavy atom. The fourth-order valence-corrected chi connectivity index (χ4v) is 10.7. The first-order valence-electron chi connectivity index (χ1n) is 29.7. The van der Waals surface area contributed by atoms with E-state index < -0.39 is 0 Å². The van der Waals surface area contributed by atoms with Crippen LogP contribution in [0.3, 0.4) is 0 Å². The van der Waals surface area contributed by atoms with Crippen LogP contribution in [0.1, 0.15) is 140 Å². The average molecular weight is 1240 g/mol. The largest absolute Gasteiger partial charge is 0.352 e. The number of pyridine rings is 4. The third kappa shape index (κ3) is 28.0. The number of benzene rings is 4. The highest BCUT2D eigenvalue weighted by atomic mass is 16.2. The van der Waals surface area contributed by atoms with E-state index in [9.17, 15) is 19.2 Å². The first kappa shape index (κ1) is 81.8. The summed E-state index contributed by atoms with van der Waals surface area (Å²) in [5, 5.41) is 8.76. The molecule has 4 aromatic carbocycles. The van der Waals surface area contributed by atoms with Gasteiger partial charge >= 0.3 is 0 Å². The van der Waals surface area contributed by atoms with E-state index in [0.29, 0.717) is 44.9 Å². The third-order valence-electron chi connectivity index (χ3n) is 15.3. The Labute approximate surface area is 548 Å². The molecular formula is C79H110N8O4+4. The fraction of sp³-hybridized carbons (Fsp3) is 0.342. The summed E-state index contributed by atoms with van der Waals surface area (Å²) in [6, 6.07) is 56.4. The summed E-state index contributed by atoms with van der Waals surface area (Å²) in [6.07, 6.45) is 27.3. The molecule has 12 nitrogen and oxygen atoms in total. The highest BCUT2D eigenvalue weighted by Gasteiger charge is 2.41. The molecule has 3 amide bonds. The molecule has 0 radical (unpaired) electrons. The summed E-state index contributed by atoms with van der Waals surface area (Å²) in [7, 11) is 0.